The Balaban J connectivity index is 1.94. The van der Waals surface area contributed by atoms with Crippen molar-refractivity contribution in [1.82, 2.24) is 5.32 Å². The summed E-state index contributed by atoms with van der Waals surface area (Å²) in [6, 6.07) is 12.7. The van der Waals surface area contributed by atoms with E-state index in [0.29, 0.717) is 5.92 Å². The van der Waals surface area contributed by atoms with Crippen molar-refractivity contribution in [3.05, 3.63) is 53.1 Å². The average Bonchev–Trinajstić information content (AvgIpc) is 2.64. The van der Waals surface area contributed by atoms with Crippen LogP contribution in [-0.2, 0) is 6.42 Å². The van der Waals surface area contributed by atoms with Crippen LogP contribution in [0.3, 0.4) is 0 Å². The SMILES string of the molecule is COc1cc2c(cc1OC)C(c1cccc(OCC(C)C)c1)NCC2. The zero-order valence-electron chi connectivity index (χ0n) is 15.5. The molecule has 0 spiro atoms. The second-order valence-corrected chi connectivity index (χ2v) is 6.82. The molecule has 1 heterocycles. The van der Waals surface area contributed by atoms with Gasteiger partial charge in [0.15, 0.2) is 11.5 Å². The first-order valence-corrected chi connectivity index (χ1v) is 8.83. The fourth-order valence-corrected chi connectivity index (χ4v) is 3.23. The Morgan fingerprint density at radius 1 is 1.08 bits per heavy atom. The Kier molecular flexibility index (Phi) is 5.49. The van der Waals surface area contributed by atoms with Crippen molar-refractivity contribution in [2.45, 2.75) is 26.3 Å². The van der Waals surface area contributed by atoms with E-state index < -0.39 is 0 Å². The van der Waals surface area contributed by atoms with Crippen molar-refractivity contribution in [1.29, 1.82) is 0 Å². The number of hydrogen-bond donors (Lipinski definition) is 1. The molecule has 25 heavy (non-hydrogen) atoms. The van der Waals surface area contributed by atoms with Crippen molar-refractivity contribution in [2.24, 2.45) is 5.92 Å². The number of ether oxygens (including phenoxy) is 3. The lowest BCUT2D eigenvalue weighted by Gasteiger charge is -2.28. The molecule has 2 aromatic rings. The molecule has 3 rings (SSSR count). The predicted octanol–water partition coefficient (Wildman–Crippen LogP) is 3.97. The summed E-state index contributed by atoms with van der Waals surface area (Å²) in [6.07, 6.45) is 0.982. The maximum atomic E-state index is 5.90. The highest BCUT2D eigenvalue weighted by atomic mass is 16.5. The number of nitrogens with one attached hydrogen (secondary N) is 1. The van der Waals surface area contributed by atoms with E-state index in [1.54, 1.807) is 14.2 Å². The van der Waals surface area contributed by atoms with E-state index in [4.69, 9.17) is 14.2 Å². The molecule has 4 nitrogen and oxygen atoms in total. The first-order chi connectivity index (χ1) is 12.1. The molecule has 1 aliphatic rings. The lowest BCUT2D eigenvalue weighted by Crippen LogP contribution is -2.30. The normalized spacial score (nSPS) is 16.4. The van der Waals surface area contributed by atoms with Gasteiger partial charge in [-0.1, -0.05) is 26.0 Å². The van der Waals surface area contributed by atoms with Crippen molar-refractivity contribution >= 4 is 0 Å². The van der Waals surface area contributed by atoms with Gasteiger partial charge in [0.05, 0.1) is 26.9 Å². The molecule has 0 aliphatic carbocycles. The minimum Gasteiger partial charge on any atom is -0.493 e. The first kappa shape index (κ1) is 17.6. The zero-order valence-corrected chi connectivity index (χ0v) is 15.5. The van der Waals surface area contributed by atoms with Crippen molar-refractivity contribution in [3.8, 4) is 17.2 Å². The quantitative estimate of drug-likeness (QED) is 0.863. The van der Waals surface area contributed by atoms with Gasteiger partial charge in [-0.2, -0.15) is 0 Å². The van der Waals surface area contributed by atoms with E-state index in [1.165, 1.54) is 16.7 Å². The number of hydrogen-bond acceptors (Lipinski definition) is 4. The van der Waals surface area contributed by atoms with Gasteiger partial charge in [0.2, 0.25) is 0 Å². The van der Waals surface area contributed by atoms with Crippen LogP contribution in [0.2, 0.25) is 0 Å². The summed E-state index contributed by atoms with van der Waals surface area (Å²) in [5.74, 6) is 2.98. The summed E-state index contributed by atoms with van der Waals surface area (Å²) in [5.41, 5.74) is 3.74. The standard InChI is InChI=1S/C21H27NO3/c1-14(2)13-25-17-7-5-6-16(10-17)21-18-12-20(24-4)19(23-3)11-15(18)8-9-22-21/h5-7,10-12,14,21-22H,8-9,13H2,1-4H3. The molecule has 1 unspecified atom stereocenters. The molecule has 0 saturated heterocycles. The molecular weight excluding hydrogens is 314 g/mol. The van der Waals surface area contributed by atoms with E-state index in [9.17, 15) is 0 Å². The Hall–Kier alpha value is -2.20. The lowest BCUT2D eigenvalue weighted by atomic mass is 9.89. The molecule has 0 aromatic heterocycles. The van der Waals surface area contributed by atoms with Gasteiger partial charge < -0.3 is 19.5 Å². The third-order valence-corrected chi connectivity index (χ3v) is 4.47. The van der Waals surface area contributed by atoms with Crippen LogP contribution in [0.15, 0.2) is 36.4 Å². The van der Waals surface area contributed by atoms with E-state index >= 15 is 0 Å². The summed E-state index contributed by atoms with van der Waals surface area (Å²) in [4.78, 5) is 0. The topological polar surface area (TPSA) is 39.7 Å². The summed E-state index contributed by atoms with van der Waals surface area (Å²) >= 11 is 0. The van der Waals surface area contributed by atoms with Crippen LogP contribution < -0.4 is 19.5 Å². The van der Waals surface area contributed by atoms with Crippen LogP contribution in [0.25, 0.3) is 0 Å². The summed E-state index contributed by atoms with van der Waals surface area (Å²) < 4.78 is 16.8. The maximum Gasteiger partial charge on any atom is 0.161 e. The highest BCUT2D eigenvalue weighted by Crippen LogP contribution is 2.37. The molecule has 2 aromatic carbocycles. The summed E-state index contributed by atoms with van der Waals surface area (Å²) in [6.45, 7) is 5.97. The van der Waals surface area contributed by atoms with Gasteiger partial charge in [-0.05, 0) is 53.3 Å². The number of methoxy groups -OCH3 is 2. The number of fused-ring (bicyclic) bond motifs is 1. The number of rotatable bonds is 6. The van der Waals surface area contributed by atoms with Crippen LogP contribution in [0, 0.1) is 5.92 Å². The molecule has 0 amide bonds. The van der Waals surface area contributed by atoms with E-state index in [-0.39, 0.29) is 6.04 Å². The molecule has 0 fully saturated rings. The first-order valence-electron chi connectivity index (χ1n) is 8.83. The molecule has 1 aliphatic heterocycles. The average molecular weight is 341 g/mol. The van der Waals surface area contributed by atoms with E-state index in [2.05, 4.69) is 49.5 Å². The molecule has 4 heteroatoms. The predicted molar refractivity (Wildman–Crippen MR) is 99.9 cm³/mol. The monoisotopic (exact) mass is 341 g/mol. The second kappa shape index (κ2) is 7.79. The highest BCUT2D eigenvalue weighted by molar-refractivity contribution is 5.52. The third kappa shape index (κ3) is 3.90. The molecule has 1 atom stereocenters. The molecule has 0 saturated carbocycles. The van der Waals surface area contributed by atoms with Crippen LogP contribution in [0.5, 0.6) is 17.2 Å². The van der Waals surface area contributed by atoms with Crippen LogP contribution in [0.1, 0.15) is 36.6 Å². The summed E-state index contributed by atoms with van der Waals surface area (Å²) in [7, 11) is 3.36. The van der Waals surface area contributed by atoms with Crippen molar-refractivity contribution < 1.29 is 14.2 Å². The van der Waals surface area contributed by atoms with Gasteiger partial charge in [-0.25, -0.2) is 0 Å². The van der Waals surface area contributed by atoms with E-state index in [1.807, 2.05) is 6.07 Å². The fourth-order valence-electron chi connectivity index (χ4n) is 3.23. The molecule has 0 radical (unpaired) electrons. The summed E-state index contributed by atoms with van der Waals surface area (Å²) in [5, 5.41) is 3.62. The fraction of sp³-hybridized carbons (Fsp3) is 0.429. The van der Waals surface area contributed by atoms with Crippen LogP contribution in [0.4, 0.5) is 0 Å². The number of benzene rings is 2. The van der Waals surface area contributed by atoms with Gasteiger partial charge in [-0.15, -0.1) is 0 Å². The molecular formula is C21H27NO3. The third-order valence-electron chi connectivity index (χ3n) is 4.47. The van der Waals surface area contributed by atoms with Gasteiger partial charge in [0.1, 0.15) is 5.75 Å². The lowest BCUT2D eigenvalue weighted by molar-refractivity contribution is 0.270. The van der Waals surface area contributed by atoms with Crippen molar-refractivity contribution in [3.63, 3.8) is 0 Å². The van der Waals surface area contributed by atoms with Crippen LogP contribution >= 0.6 is 0 Å². The minimum atomic E-state index is 0.131. The van der Waals surface area contributed by atoms with Crippen molar-refractivity contribution in [2.75, 3.05) is 27.4 Å². The van der Waals surface area contributed by atoms with E-state index in [0.717, 1.165) is 36.8 Å². The minimum absolute atomic E-state index is 0.131. The largest absolute Gasteiger partial charge is 0.493 e. The Labute approximate surface area is 150 Å². The molecule has 0 bridgehead atoms. The van der Waals surface area contributed by atoms with Gasteiger partial charge in [0, 0.05) is 6.54 Å². The Morgan fingerprint density at radius 2 is 1.84 bits per heavy atom. The zero-order chi connectivity index (χ0) is 17.8. The molecule has 134 valence electrons. The van der Waals surface area contributed by atoms with Crippen LogP contribution in [-0.4, -0.2) is 27.4 Å². The smallest absolute Gasteiger partial charge is 0.161 e. The molecule has 1 N–H and O–H groups in total. The second-order valence-electron chi connectivity index (χ2n) is 6.82. The maximum absolute atomic E-state index is 5.90. The Morgan fingerprint density at radius 3 is 2.56 bits per heavy atom. The van der Waals surface area contributed by atoms with Gasteiger partial charge in [-0.3, -0.25) is 0 Å². The Bertz CT molecular complexity index is 727. The highest BCUT2D eigenvalue weighted by Gasteiger charge is 2.24. The van der Waals surface area contributed by atoms with Gasteiger partial charge in [0.25, 0.3) is 0 Å². The van der Waals surface area contributed by atoms with Gasteiger partial charge >= 0.3 is 0 Å².